The molecule has 1 aromatic rings. The Morgan fingerprint density at radius 3 is 2.59 bits per heavy atom. The monoisotopic (exact) mass is 463 g/mol. The first kappa shape index (κ1) is 25.4. The summed E-state index contributed by atoms with van der Waals surface area (Å²) in [6.07, 6.45) is -0.384. The van der Waals surface area contributed by atoms with E-state index in [4.69, 9.17) is 15.2 Å². The van der Waals surface area contributed by atoms with Crippen LogP contribution in [0.4, 0.5) is 5.69 Å². The molecular formula is C22H29N3O6S. The summed E-state index contributed by atoms with van der Waals surface area (Å²) < 4.78 is 10.8. The number of allylic oxidation sites excluding steroid dienone is 1. The lowest BCUT2D eigenvalue weighted by atomic mass is 9.80. The van der Waals surface area contributed by atoms with Crippen LogP contribution in [0.15, 0.2) is 46.8 Å². The second-order valence-corrected chi connectivity index (χ2v) is 8.46. The number of esters is 2. The zero-order valence-corrected chi connectivity index (χ0v) is 19.5. The fraction of sp³-hybridized carbons (Fsp3) is 0.455. The third kappa shape index (κ3) is 6.10. The number of nitrogens with two attached hydrogens (primary N) is 1. The molecule has 0 aromatic heterocycles. The van der Waals surface area contributed by atoms with E-state index in [-0.39, 0.29) is 29.5 Å². The summed E-state index contributed by atoms with van der Waals surface area (Å²) in [7, 11) is 0. The van der Waals surface area contributed by atoms with E-state index in [9.17, 15) is 19.7 Å². The van der Waals surface area contributed by atoms with Crippen LogP contribution in [-0.4, -0.2) is 47.6 Å². The molecule has 10 heteroatoms. The Morgan fingerprint density at radius 1 is 1.28 bits per heavy atom. The molecule has 3 N–H and O–H groups in total. The summed E-state index contributed by atoms with van der Waals surface area (Å²) in [5.41, 5.74) is 7.44. The molecule has 0 bridgehead atoms. The van der Waals surface area contributed by atoms with Gasteiger partial charge in [-0.1, -0.05) is 12.1 Å². The summed E-state index contributed by atoms with van der Waals surface area (Å²) in [5.74, 6) is -0.969. The first-order chi connectivity index (χ1) is 15.2. The van der Waals surface area contributed by atoms with Gasteiger partial charge in [0.25, 0.3) is 5.69 Å². The fourth-order valence-electron chi connectivity index (χ4n) is 3.42. The van der Waals surface area contributed by atoms with E-state index in [0.717, 1.165) is 0 Å². The predicted octanol–water partition coefficient (Wildman–Crippen LogP) is 3.02. The molecule has 1 aromatic carbocycles. The van der Waals surface area contributed by atoms with Crippen molar-refractivity contribution in [1.29, 1.82) is 0 Å². The molecule has 0 fully saturated rings. The summed E-state index contributed by atoms with van der Waals surface area (Å²) in [4.78, 5) is 37.0. The van der Waals surface area contributed by atoms with E-state index in [1.807, 2.05) is 0 Å². The number of nitro groups is 1. The van der Waals surface area contributed by atoms with Crippen LogP contribution in [0.2, 0.25) is 0 Å². The van der Waals surface area contributed by atoms with Gasteiger partial charge < -0.3 is 20.5 Å². The minimum atomic E-state index is -0.880. The Bertz CT molecular complexity index is 941. The number of hydrogen-bond acceptors (Lipinski definition) is 9. The maximum atomic E-state index is 13.1. The van der Waals surface area contributed by atoms with Crippen molar-refractivity contribution in [2.75, 3.05) is 24.7 Å². The number of nitro benzene ring substituents is 1. The van der Waals surface area contributed by atoms with Gasteiger partial charge >= 0.3 is 11.9 Å². The lowest BCUT2D eigenvalue weighted by Crippen LogP contribution is -2.34. The van der Waals surface area contributed by atoms with Gasteiger partial charge in [-0.2, -0.15) is 11.8 Å². The molecule has 174 valence electrons. The van der Waals surface area contributed by atoms with E-state index in [1.165, 1.54) is 30.0 Å². The molecule has 0 spiro atoms. The highest BCUT2D eigenvalue weighted by Crippen LogP contribution is 2.41. The van der Waals surface area contributed by atoms with Crippen molar-refractivity contribution < 1.29 is 24.0 Å². The second kappa shape index (κ2) is 11.7. The van der Waals surface area contributed by atoms with Crippen LogP contribution >= 0.6 is 11.8 Å². The number of carbonyl (C=O) groups excluding carboxylic acids is 2. The first-order valence-electron chi connectivity index (χ1n) is 10.3. The largest absolute Gasteiger partial charge is 0.463 e. The third-order valence-corrected chi connectivity index (χ3v) is 5.64. The van der Waals surface area contributed by atoms with Crippen LogP contribution in [0.3, 0.4) is 0 Å². The summed E-state index contributed by atoms with van der Waals surface area (Å²) >= 11 is 1.53. The number of nitrogens with zero attached hydrogens (tertiary/aromatic N) is 1. The fourth-order valence-corrected chi connectivity index (χ4v) is 4.16. The molecule has 32 heavy (non-hydrogen) atoms. The summed E-state index contributed by atoms with van der Waals surface area (Å²) in [6.45, 7) is 7.47. The quantitative estimate of drug-likeness (QED) is 0.232. The van der Waals surface area contributed by atoms with Crippen molar-refractivity contribution in [3.63, 3.8) is 0 Å². The Balaban J connectivity index is 2.71. The molecule has 0 radical (unpaired) electrons. The predicted molar refractivity (Wildman–Crippen MR) is 123 cm³/mol. The number of non-ortho nitro benzene ring substituents is 1. The Labute approximate surface area is 191 Å². The third-order valence-electron chi connectivity index (χ3n) is 4.63. The minimum Gasteiger partial charge on any atom is -0.463 e. The smallest absolute Gasteiger partial charge is 0.337 e. The van der Waals surface area contributed by atoms with Crippen molar-refractivity contribution in [2.45, 2.75) is 39.7 Å². The van der Waals surface area contributed by atoms with Crippen LogP contribution in [-0.2, 0) is 19.1 Å². The number of ether oxygens (including phenoxy) is 2. The summed E-state index contributed by atoms with van der Waals surface area (Å²) in [6, 6.07) is 5.92. The molecule has 1 aliphatic heterocycles. The van der Waals surface area contributed by atoms with E-state index < -0.39 is 22.8 Å². The average Bonchev–Trinajstić information content (AvgIpc) is 2.73. The normalized spacial score (nSPS) is 16.1. The first-order valence-corrected chi connectivity index (χ1v) is 11.5. The van der Waals surface area contributed by atoms with Crippen molar-refractivity contribution >= 4 is 29.4 Å². The SMILES string of the molecule is CCOC(=O)C1=C(CSCCN)NC(C)=C(C(=O)OC(C)C)C1c1cccc([N+](=O)[O-])c1. The van der Waals surface area contributed by atoms with E-state index in [1.54, 1.807) is 33.8 Å². The highest BCUT2D eigenvalue weighted by atomic mass is 32.2. The zero-order valence-electron chi connectivity index (χ0n) is 18.7. The zero-order chi connectivity index (χ0) is 23.8. The van der Waals surface area contributed by atoms with E-state index >= 15 is 0 Å². The number of dihydropyridines is 1. The van der Waals surface area contributed by atoms with Crippen molar-refractivity contribution in [1.82, 2.24) is 5.32 Å². The van der Waals surface area contributed by atoms with Gasteiger partial charge in [0, 0.05) is 41.6 Å². The van der Waals surface area contributed by atoms with Gasteiger partial charge in [-0.15, -0.1) is 0 Å². The molecule has 1 heterocycles. The van der Waals surface area contributed by atoms with Gasteiger partial charge in [-0.3, -0.25) is 10.1 Å². The number of benzene rings is 1. The molecular weight excluding hydrogens is 434 g/mol. The Morgan fingerprint density at radius 2 is 2.00 bits per heavy atom. The molecule has 0 saturated heterocycles. The highest BCUT2D eigenvalue weighted by molar-refractivity contribution is 7.99. The minimum absolute atomic E-state index is 0.141. The number of thioether (sulfide) groups is 1. The molecule has 0 aliphatic carbocycles. The number of nitrogens with one attached hydrogen (secondary N) is 1. The Kier molecular flexibility index (Phi) is 9.27. The van der Waals surface area contributed by atoms with Gasteiger partial charge in [0.15, 0.2) is 0 Å². The molecule has 0 saturated carbocycles. The molecule has 1 unspecified atom stereocenters. The molecule has 9 nitrogen and oxygen atoms in total. The van der Waals surface area contributed by atoms with Crippen LogP contribution in [0.5, 0.6) is 0 Å². The highest BCUT2D eigenvalue weighted by Gasteiger charge is 2.39. The van der Waals surface area contributed by atoms with Crippen LogP contribution in [0, 0.1) is 10.1 Å². The van der Waals surface area contributed by atoms with Crippen molar-refractivity contribution in [2.24, 2.45) is 5.73 Å². The van der Waals surface area contributed by atoms with E-state index in [2.05, 4.69) is 5.32 Å². The second-order valence-electron chi connectivity index (χ2n) is 7.36. The van der Waals surface area contributed by atoms with Gasteiger partial charge in [0.1, 0.15) is 0 Å². The van der Waals surface area contributed by atoms with Crippen LogP contribution in [0.1, 0.15) is 39.2 Å². The van der Waals surface area contributed by atoms with E-state index in [0.29, 0.717) is 35.0 Å². The number of carbonyl (C=O) groups is 2. The average molecular weight is 464 g/mol. The van der Waals surface area contributed by atoms with Gasteiger partial charge in [0.05, 0.1) is 34.7 Å². The van der Waals surface area contributed by atoms with Gasteiger partial charge in [0.2, 0.25) is 0 Å². The summed E-state index contributed by atoms with van der Waals surface area (Å²) in [5, 5.41) is 14.6. The van der Waals surface area contributed by atoms with Crippen LogP contribution < -0.4 is 11.1 Å². The lowest BCUT2D eigenvalue weighted by Gasteiger charge is -2.31. The standard InChI is InChI=1S/C22H29N3O6S/c1-5-30-21(26)20-17(12-32-10-9-23)24-14(4)18(22(27)31-13(2)3)19(20)15-7-6-8-16(11-15)25(28)29/h6-8,11,13,19,24H,5,9-10,12,23H2,1-4H3. The topological polar surface area (TPSA) is 134 Å². The van der Waals surface area contributed by atoms with Gasteiger partial charge in [-0.25, -0.2) is 9.59 Å². The lowest BCUT2D eigenvalue weighted by molar-refractivity contribution is -0.384. The molecule has 1 atom stereocenters. The van der Waals surface area contributed by atoms with Crippen molar-refractivity contribution in [3.8, 4) is 0 Å². The van der Waals surface area contributed by atoms with Gasteiger partial charge in [-0.05, 0) is 33.3 Å². The molecule has 2 rings (SSSR count). The molecule has 0 amide bonds. The number of rotatable bonds is 10. The number of hydrogen-bond donors (Lipinski definition) is 2. The maximum absolute atomic E-state index is 13.1. The molecule has 1 aliphatic rings. The van der Waals surface area contributed by atoms with Crippen LogP contribution in [0.25, 0.3) is 0 Å². The Hall–Kier alpha value is -2.85. The van der Waals surface area contributed by atoms with Crippen molar-refractivity contribution in [3.05, 3.63) is 62.5 Å². The maximum Gasteiger partial charge on any atom is 0.337 e.